The van der Waals surface area contributed by atoms with E-state index in [1.54, 1.807) is 19.4 Å². The summed E-state index contributed by atoms with van der Waals surface area (Å²) < 4.78 is 5.31. The highest BCUT2D eigenvalue weighted by Gasteiger charge is 1.98. The summed E-state index contributed by atoms with van der Waals surface area (Å²) in [6, 6.07) is 0. The number of hydrogen-bond acceptors (Lipinski definition) is 4. The predicted octanol–water partition coefficient (Wildman–Crippen LogP) is 1.31. The van der Waals surface area contributed by atoms with E-state index in [0.29, 0.717) is 5.88 Å². The summed E-state index contributed by atoms with van der Waals surface area (Å²) in [5.74, 6) is 1.30. The number of ether oxygens (including phenoxy) is 1. The first-order valence-electron chi connectivity index (χ1n) is 3.89. The van der Waals surface area contributed by atoms with E-state index >= 15 is 0 Å². The lowest BCUT2D eigenvalue weighted by atomic mass is 10.5. The minimum atomic E-state index is 0.139. The molecule has 0 bridgehead atoms. The van der Waals surface area contributed by atoms with Gasteiger partial charge >= 0.3 is 0 Å². The summed E-state index contributed by atoms with van der Waals surface area (Å²) in [6.45, 7) is 3.90. The monoisotopic (exact) mass is 167 g/mol. The van der Waals surface area contributed by atoms with Crippen LogP contribution < -0.4 is 10.1 Å². The summed E-state index contributed by atoms with van der Waals surface area (Å²) in [6.07, 6.45) is 3.38. The summed E-state index contributed by atoms with van der Waals surface area (Å²) in [7, 11) is 1.80. The van der Waals surface area contributed by atoms with Gasteiger partial charge in [0.15, 0.2) is 0 Å². The zero-order valence-corrected chi connectivity index (χ0v) is 7.53. The first-order chi connectivity index (χ1) is 5.72. The second-order valence-corrected chi connectivity index (χ2v) is 2.66. The Morgan fingerprint density at radius 1 is 1.33 bits per heavy atom. The van der Waals surface area contributed by atoms with Gasteiger partial charge in [-0.25, -0.2) is 9.97 Å². The molecule has 0 aliphatic carbocycles. The van der Waals surface area contributed by atoms with Gasteiger partial charge in [0.05, 0.1) is 18.5 Å². The molecule has 0 spiro atoms. The lowest BCUT2D eigenvalue weighted by molar-refractivity contribution is 0.231. The van der Waals surface area contributed by atoms with Crippen molar-refractivity contribution in [3.8, 4) is 5.88 Å². The van der Waals surface area contributed by atoms with Crippen LogP contribution in [0.25, 0.3) is 0 Å². The van der Waals surface area contributed by atoms with E-state index in [4.69, 9.17) is 4.74 Å². The molecule has 66 valence electrons. The summed E-state index contributed by atoms with van der Waals surface area (Å²) in [5, 5.41) is 2.88. The molecule has 0 radical (unpaired) electrons. The van der Waals surface area contributed by atoms with E-state index < -0.39 is 0 Å². The summed E-state index contributed by atoms with van der Waals surface area (Å²) >= 11 is 0. The van der Waals surface area contributed by atoms with Gasteiger partial charge in [0, 0.05) is 7.05 Å². The Kier molecular flexibility index (Phi) is 2.85. The SMILES string of the molecule is CNc1cnc(OC(C)C)cn1. The van der Waals surface area contributed by atoms with E-state index in [-0.39, 0.29) is 6.10 Å². The average Bonchev–Trinajstić information content (AvgIpc) is 2.05. The largest absolute Gasteiger partial charge is 0.474 e. The van der Waals surface area contributed by atoms with Crippen LogP contribution in [-0.4, -0.2) is 23.1 Å². The Labute approximate surface area is 72.0 Å². The van der Waals surface area contributed by atoms with Crippen LogP contribution in [0.1, 0.15) is 13.8 Å². The zero-order chi connectivity index (χ0) is 8.97. The van der Waals surface area contributed by atoms with Crippen LogP contribution in [0.5, 0.6) is 5.88 Å². The number of anilines is 1. The second kappa shape index (κ2) is 3.90. The van der Waals surface area contributed by atoms with Crippen molar-refractivity contribution in [2.45, 2.75) is 20.0 Å². The highest BCUT2D eigenvalue weighted by molar-refractivity contribution is 5.30. The highest BCUT2D eigenvalue weighted by atomic mass is 16.5. The molecule has 1 rings (SSSR count). The topological polar surface area (TPSA) is 47.0 Å². The number of hydrogen-bond donors (Lipinski definition) is 1. The summed E-state index contributed by atoms with van der Waals surface area (Å²) in [5.41, 5.74) is 0. The van der Waals surface area contributed by atoms with Crippen LogP contribution >= 0.6 is 0 Å². The van der Waals surface area contributed by atoms with Crippen molar-refractivity contribution in [1.82, 2.24) is 9.97 Å². The molecule has 1 heterocycles. The van der Waals surface area contributed by atoms with Gasteiger partial charge in [0.1, 0.15) is 5.82 Å². The van der Waals surface area contributed by atoms with Crippen molar-refractivity contribution in [3.05, 3.63) is 12.4 Å². The standard InChI is InChI=1S/C8H13N3O/c1-6(2)12-8-5-10-7(9-3)4-11-8/h4-6H,1-3H3,(H,9,10). The third kappa shape index (κ3) is 2.38. The van der Waals surface area contributed by atoms with Crippen LogP contribution in [0.3, 0.4) is 0 Å². The maximum absolute atomic E-state index is 5.31. The molecule has 0 atom stereocenters. The first kappa shape index (κ1) is 8.77. The van der Waals surface area contributed by atoms with Gasteiger partial charge in [-0.2, -0.15) is 0 Å². The molecule has 1 aromatic heterocycles. The van der Waals surface area contributed by atoms with Gasteiger partial charge in [-0.3, -0.25) is 0 Å². The fourth-order valence-electron chi connectivity index (χ4n) is 0.748. The molecule has 0 fully saturated rings. The number of rotatable bonds is 3. The van der Waals surface area contributed by atoms with Crippen molar-refractivity contribution >= 4 is 5.82 Å². The molecule has 12 heavy (non-hydrogen) atoms. The lowest BCUT2D eigenvalue weighted by Crippen LogP contribution is -2.07. The van der Waals surface area contributed by atoms with Crippen LogP contribution in [0, 0.1) is 0 Å². The van der Waals surface area contributed by atoms with E-state index in [9.17, 15) is 0 Å². The lowest BCUT2D eigenvalue weighted by Gasteiger charge is -2.07. The van der Waals surface area contributed by atoms with Crippen molar-refractivity contribution in [2.75, 3.05) is 12.4 Å². The predicted molar refractivity (Wildman–Crippen MR) is 47.3 cm³/mol. The quantitative estimate of drug-likeness (QED) is 0.737. The zero-order valence-electron chi connectivity index (χ0n) is 7.53. The smallest absolute Gasteiger partial charge is 0.232 e. The molecule has 4 nitrogen and oxygen atoms in total. The van der Waals surface area contributed by atoms with Gasteiger partial charge < -0.3 is 10.1 Å². The minimum absolute atomic E-state index is 0.139. The van der Waals surface area contributed by atoms with Crippen molar-refractivity contribution in [1.29, 1.82) is 0 Å². The maximum atomic E-state index is 5.31. The summed E-state index contributed by atoms with van der Waals surface area (Å²) in [4.78, 5) is 8.09. The molecule has 4 heteroatoms. The Morgan fingerprint density at radius 3 is 2.50 bits per heavy atom. The fraction of sp³-hybridized carbons (Fsp3) is 0.500. The van der Waals surface area contributed by atoms with Crippen LogP contribution in [0.2, 0.25) is 0 Å². The third-order valence-electron chi connectivity index (χ3n) is 1.24. The van der Waals surface area contributed by atoms with E-state index in [1.807, 2.05) is 13.8 Å². The highest BCUT2D eigenvalue weighted by Crippen LogP contribution is 2.07. The number of aromatic nitrogens is 2. The molecule has 0 saturated carbocycles. The van der Waals surface area contributed by atoms with Crippen molar-refractivity contribution in [2.24, 2.45) is 0 Å². The van der Waals surface area contributed by atoms with Gasteiger partial charge in [-0.15, -0.1) is 0 Å². The first-order valence-corrected chi connectivity index (χ1v) is 3.89. The van der Waals surface area contributed by atoms with Crippen molar-refractivity contribution < 1.29 is 4.74 Å². The van der Waals surface area contributed by atoms with Gasteiger partial charge in [-0.1, -0.05) is 0 Å². The fourth-order valence-corrected chi connectivity index (χ4v) is 0.748. The van der Waals surface area contributed by atoms with E-state index in [1.165, 1.54) is 0 Å². The molecule has 0 amide bonds. The third-order valence-corrected chi connectivity index (χ3v) is 1.24. The van der Waals surface area contributed by atoms with Gasteiger partial charge in [0.2, 0.25) is 5.88 Å². The van der Waals surface area contributed by atoms with E-state index in [2.05, 4.69) is 15.3 Å². The molecule has 0 aliphatic heterocycles. The van der Waals surface area contributed by atoms with Crippen LogP contribution in [-0.2, 0) is 0 Å². The number of nitrogens with one attached hydrogen (secondary N) is 1. The van der Waals surface area contributed by atoms with Gasteiger partial charge in [-0.05, 0) is 13.8 Å². The second-order valence-electron chi connectivity index (χ2n) is 2.66. The van der Waals surface area contributed by atoms with Crippen LogP contribution in [0.4, 0.5) is 5.82 Å². The molecule has 0 aliphatic rings. The molecule has 0 saturated heterocycles. The average molecular weight is 167 g/mol. The van der Waals surface area contributed by atoms with Crippen LogP contribution in [0.15, 0.2) is 12.4 Å². The molecule has 1 N–H and O–H groups in total. The van der Waals surface area contributed by atoms with E-state index in [0.717, 1.165) is 5.82 Å². The molecular weight excluding hydrogens is 154 g/mol. The number of nitrogens with zero attached hydrogens (tertiary/aromatic N) is 2. The van der Waals surface area contributed by atoms with Crippen molar-refractivity contribution in [3.63, 3.8) is 0 Å². The van der Waals surface area contributed by atoms with Gasteiger partial charge in [0.25, 0.3) is 0 Å². The minimum Gasteiger partial charge on any atom is -0.474 e. The molecular formula is C8H13N3O. The Bertz CT molecular complexity index is 233. The Hall–Kier alpha value is -1.32. The molecule has 0 aromatic carbocycles. The Morgan fingerprint density at radius 2 is 2.08 bits per heavy atom. The molecule has 1 aromatic rings. The normalized spacial score (nSPS) is 10.0. The molecule has 0 unspecified atom stereocenters. The maximum Gasteiger partial charge on any atom is 0.232 e. The Balaban J connectivity index is 2.65.